The molecule has 0 amide bonds. The Morgan fingerprint density at radius 3 is 2.62 bits per heavy atom. The van der Waals surface area contributed by atoms with Crippen LogP contribution in [-0.2, 0) is 14.3 Å². The summed E-state index contributed by atoms with van der Waals surface area (Å²) in [4.78, 5) is 27.6. The average Bonchev–Trinajstić information content (AvgIpc) is 3.17. The number of guanidine groups is 1. The number of aliphatic hydroxyl groups excluding tert-OH is 3. The smallest absolute Gasteiger partial charge is 0.330 e. The molecule has 0 spiro atoms. The van der Waals surface area contributed by atoms with Crippen LogP contribution in [-0.4, -0.2) is 70.7 Å². The molecule has 1 aliphatic rings. The topological polar surface area (TPSA) is 204 Å². The largest absolute Gasteiger partial charge is 0.487 e. The predicted molar refractivity (Wildman–Crippen MR) is 147 cm³/mol. The summed E-state index contributed by atoms with van der Waals surface area (Å²) < 4.78 is 23.7. The molecule has 11 nitrogen and oxygen atoms in total. The van der Waals surface area contributed by atoms with Gasteiger partial charge in [0.1, 0.15) is 18.8 Å². The summed E-state index contributed by atoms with van der Waals surface area (Å²) >= 11 is 0. The first-order chi connectivity index (χ1) is 19.1. The van der Waals surface area contributed by atoms with Gasteiger partial charge in [0.2, 0.25) is 0 Å². The lowest BCUT2D eigenvalue weighted by Crippen LogP contribution is -2.34. The zero-order valence-corrected chi connectivity index (χ0v) is 22.5. The summed E-state index contributed by atoms with van der Waals surface area (Å²) in [6, 6.07) is 4.95. The molecule has 1 aliphatic carbocycles. The first-order valence-electron chi connectivity index (χ1n) is 13.4. The van der Waals surface area contributed by atoms with Gasteiger partial charge < -0.3 is 42.0 Å². The molecule has 1 aromatic carbocycles. The number of rotatable bonds is 16. The molecule has 222 valence electrons. The van der Waals surface area contributed by atoms with Gasteiger partial charge in [0.15, 0.2) is 17.5 Å². The van der Waals surface area contributed by atoms with E-state index in [1.165, 1.54) is 24.3 Å². The summed E-state index contributed by atoms with van der Waals surface area (Å²) in [6.45, 7) is 0.165. The van der Waals surface area contributed by atoms with Crippen molar-refractivity contribution in [1.29, 1.82) is 0 Å². The third-order valence-electron chi connectivity index (χ3n) is 6.53. The van der Waals surface area contributed by atoms with Gasteiger partial charge in [0.25, 0.3) is 0 Å². The Hall–Kier alpha value is -3.32. The fraction of sp³-hybridized carbons (Fsp3) is 0.536. The molecular formula is C28H41FN4O7. The molecule has 0 radical (unpaired) electrons. The molecule has 0 unspecified atom stereocenters. The summed E-state index contributed by atoms with van der Waals surface area (Å²) in [6.07, 6.45) is 6.85. The second kappa shape index (κ2) is 17.4. The lowest BCUT2D eigenvalue weighted by atomic mass is 9.89. The van der Waals surface area contributed by atoms with E-state index in [0.29, 0.717) is 32.2 Å². The van der Waals surface area contributed by atoms with E-state index < -0.39 is 42.1 Å². The number of allylic oxidation sites excluding steroid dienone is 2. The van der Waals surface area contributed by atoms with Crippen molar-refractivity contribution in [3.05, 3.63) is 54.4 Å². The molecule has 0 saturated heterocycles. The third kappa shape index (κ3) is 11.8. The highest BCUT2D eigenvalue weighted by molar-refractivity contribution is 5.88. The number of unbranched alkanes of at least 4 members (excludes halogenated alkanes) is 1. The van der Waals surface area contributed by atoms with Crippen molar-refractivity contribution in [1.82, 2.24) is 0 Å². The van der Waals surface area contributed by atoms with E-state index in [0.717, 1.165) is 0 Å². The highest BCUT2D eigenvalue weighted by atomic mass is 19.1. The monoisotopic (exact) mass is 564 g/mol. The molecule has 12 heteroatoms. The van der Waals surface area contributed by atoms with Crippen LogP contribution in [0.3, 0.4) is 0 Å². The molecule has 0 aliphatic heterocycles. The van der Waals surface area contributed by atoms with Gasteiger partial charge >= 0.3 is 11.9 Å². The Labute approximate surface area is 233 Å². The number of nitrogens with two attached hydrogens (primary N) is 3. The number of aliphatic hydroxyl groups is 3. The maximum atomic E-state index is 13.7. The third-order valence-corrected chi connectivity index (χ3v) is 6.53. The van der Waals surface area contributed by atoms with Gasteiger partial charge in [0.05, 0.1) is 12.2 Å². The van der Waals surface area contributed by atoms with Gasteiger partial charge in [-0.25, -0.2) is 9.18 Å². The zero-order chi connectivity index (χ0) is 29.5. The number of carbonyl (C=O) groups excluding carboxylic acids is 2. The number of carbonyl (C=O) groups is 2. The summed E-state index contributed by atoms with van der Waals surface area (Å²) in [5.74, 6) is -2.63. The molecule has 1 aromatic rings. The molecular weight excluding hydrogens is 523 g/mol. The molecule has 6 atom stereocenters. The van der Waals surface area contributed by atoms with Crippen molar-refractivity contribution in [2.75, 3.05) is 13.2 Å². The number of nitrogens with zero attached hydrogens (tertiary/aromatic N) is 1. The standard InChI is InChI=1S/C28H41FN4O7/c29-21-9-5-6-11-25(21)39-17-18(34)13-14-20-19(23(35)16-24(20)36)8-3-1-2-4-12-26(37)40-27(38)22(30)10-7-15-33-28(31)32/h1,3,5-6,9,11,13-14,18-20,22-24,34-36H,2,4,7-8,10,12,15-17,30H2,(H4,31,32,33)/t18-,19-,20-,22+,23+,24-/m1/s1. The number of esters is 2. The minimum Gasteiger partial charge on any atom is -0.487 e. The van der Waals surface area contributed by atoms with Crippen LogP contribution in [0.4, 0.5) is 4.39 Å². The average molecular weight is 565 g/mol. The predicted octanol–water partition coefficient (Wildman–Crippen LogP) is 1.05. The highest BCUT2D eigenvalue weighted by Crippen LogP contribution is 2.36. The Kier molecular flexibility index (Phi) is 14.3. The van der Waals surface area contributed by atoms with Crippen LogP contribution in [0, 0.1) is 17.7 Å². The van der Waals surface area contributed by atoms with Crippen molar-refractivity contribution >= 4 is 17.9 Å². The SMILES string of the molecule is NC(N)=NCCC[C@H](N)C(=O)OC(=O)CCCC=CC[C@@H]1[C@@H](C=C[C@@H](O)COc2ccccc2F)[C@H](O)C[C@@H]1O. The van der Waals surface area contributed by atoms with Gasteiger partial charge in [-0.05, 0) is 50.2 Å². The van der Waals surface area contributed by atoms with Gasteiger partial charge in [0, 0.05) is 25.3 Å². The first kappa shape index (κ1) is 32.9. The van der Waals surface area contributed by atoms with E-state index in [1.807, 2.05) is 12.2 Å². The quantitative estimate of drug-likeness (QED) is 0.0420. The van der Waals surface area contributed by atoms with Crippen molar-refractivity contribution in [3.8, 4) is 5.75 Å². The van der Waals surface area contributed by atoms with Crippen molar-refractivity contribution in [3.63, 3.8) is 0 Å². The molecule has 1 fully saturated rings. The molecule has 2 rings (SSSR count). The number of halogens is 1. The maximum Gasteiger partial charge on any atom is 0.330 e. The first-order valence-corrected chi connectivity index (χ1v) is 13.4. The minimum atomic E-state index is -1.02. The van der Waals surface area contributed by atoms with E-state index >= 15 is 0 Å². The fourth-order valence-corrected chi connectivity index (χ4v) is 4.37. The van der Waals surface area contributed by atoms with Gasteiger partial charge in [-0.3, -0.25) is 9.79 Å². The molecule has 40 heavy (non-hydrogen) atoms. The highest BCUT2D eigenvalue weighted by Gasteiger charge is 2.39. The van der Waals surface area contributed by atoms with Crippen LogP contribution in [0.1, 0.15) is 44.9 Å². The molecule has 1 saturated carbocycles. The summed E-state index contributed by atoms with van der Waals surface area (Å²) in [5.41, 5.74) is 16.2. The van der Waals surface area contributed by atoms with Crippen LogP contribution >= 0.6 is 0 Å². The maximum absolute atomic E-state index is 13.7. The zero-order valence-electron chi connectivity index (χ0n) is 22.5. The van der Waals surface area contributed by atoms with Crippen molar-refractivity contribution in [2.24, 2.45) is 34.0 Å². The normalized spacial score (nSPS) is 22.3. The lowest BCUT2D eigenvalue weighted by molar-refractivity contribution is -0.160. The summed E-state index contributed by atoms with van der Waals surface area (Å²) in [7, 11) is 0. The van der Waals surface area contributed by atoms with Crippen LogP contribution < -0.4 is 21.9 Å². The Morgan fingerprint density at radius 1 is 1.15 bits per heavy atom. The Bertz CT molecular complexity index is 1030. The van der Waals surface area contributed by atoms with Gasteiger partial charge in [-0.1, -0.05) is 36.4 Å². The van der Waals surface area contributed by atoms with Gasteiger partial charge in [-0.15, -0.1) is 0 Å². The lowest BCUT2D eigenvalue weighted by Gasteiger charge is -2.19. The Morgan fingerprint density at radius 2 is 1.90 bits per heavy atom. The number of hydrogen-bond acceptors (Lipinski definition) is 9. The molecule has 0 heterocycles. The van der Waals surface area contributed by atoms with Crippen molar-refractivity contribution in [2.45, 2.75) is 69.3 Å². The second-order valence-electron chi connectivity index (χ2n) is 9.75. The second-order valence-corrected chi connectivity index (χ2v) is 9.75. The minimum absolute atomic E-state index is 0.0358. The summed E-state index contributed by atoms with van der Waals surface area (Å²) in [5, 5.41) is 31.0. The number of benzene rings is 1. The van der Waals surface area contributed by atoms with Crippen LogP contribution in [0.15, 0.2) is 53.6 Å². The van der Waals surface area contributed by atoms with Crippen LogP contribution in [0.2, 0.25) is 0 Å². The fourth-order valence-electron chi connectivity index (χ4n) is 4.37. The van der Waals surface area contributed by atoms with Crippen molar-refractivity contribution < 1.29 is 38.8 Å². The van der Waals surface area contributed by atoms with E-state index in [1.54, 1.807) is 12.1 Å². The molecule has 0 aromatic heterocycles. The van der Waals surface area contributed by atoms with E-state index in [4.69, 9.17) is 26.7 Å². The van der Waals surface area contributed by atoms with Crippen LogP contribution in [0.25, 0.3) is 0 Å². The molecule has 9 N–H and O–H groups in total. The number of para-hydroxylation sites is 1. The number of ether oxygens (including phenoxy) is 2. The Balaban J connectivity index is 1.70. The van der Waals surface area contributed by atoms with Crippen LogP contribution in [0.5, 0.6) is 5.75 Å². The van der Waals surface area contributed by atoms with Gasteiger partial charge in [-0.2, -0.15) is 0 Å². The number of aliphatic imine (C=N–C) groups is 1. The van der Waals surface area contributed by atoms with E-state index in [-0.39, 0.29) is 49.4 Å². The number of hydrogen-bond donors (Lipinski definition) is 6. The molecule has 0 bridgehead atoms. The van der Waals surface area contributed by atoms with E-state index in [2.05, 4.69) is 4.99 Å². The van der Waals surface area contributed by atoms with E-state index in [9.17, 15) is 29.3 Å².